The van der Waals surface area contributed by atoms with Crippen molar-refractivity contribution in [2.75, 3.05) is 25.9 Å². The van der Waals surface area contributed by atoms with E-state index in [1.165, 1.54) is 18.3 Å². The summed E-state index contributed by atoms with van der Waals surface area (Å²) >= 11 is 0. The van der Waals surface area contributed by atoms with Crippen LogP contribution >= 0.6 is 0 Å². The maximum Gasteiger partial charge on any atom is 0.319 e. The van der Waals surface area contributed by atoms with Crippen molar-refractivity contribution in [1.82, 2.24) is 14.9 Å². The van der Waals surface area contributed by atoms with Gasteiger partial charge in [0.1, 0.15) is 11.9 Å². The molecule has 0 saturated carbocycles. The lowest BCUT2D eigenvalue weighted by Crippen LogP contribution is -2.41. The summed E-state index contributed by atoms with van der Waals surface area (Å²) in [5.74, 6) is -0.0261. The number of Topliss-reactive ketones (excluding diaryl/α,β-unsaturated/α-hetero) is 1. The molecule has 0 atom stereocenters. The van der Waals surface area contributed by atoms with Crippen LogP contribution in [0.5, 0.6) is 17.6 Å². The lowest BCUT2D eigenvalue weighted by Gasteiger charge is -2.31. The van der Waals surface area contributed by atoms with Gasteiger partial charge in [-0.3, -0.25) is 9.69 Å². The van der Waals surface area contributed by atoms with E-state index in [4.69, 9.17) is 9.47 Å². The number of aromatic nitrogens is 2. The predicted octanol–water partition coefficient (Wildman–Crippen LogP) is 3.97. The summed E-state index contributed by atoms with van der Waals surface area (Å²) in [6.07, 6.45) is 5.46. The first-order chi connectivity index (χ1) is 16.0. The van der Waals surface area contributed by atoms with E-state index in [0.717, 1.165) is 44.7 Å². The molecule has 1 fully saturated rings. The molecule has 1 saturated heterocycles. The van der Waals surface area contributed by atoms with Crippen molar-refractivity contribution in [1.29, 1.82) is 0 Å². The average Bonchev–Trinajstić information content (AvgIpc) is 2.76. The van der Waals surface area contributed by atoms with Crippen LogP contribution in [-0.4, -0.2) is 61.1 Å². The molecule has 1 aliphatic heterocycles. The van der Waals surface area contributed by atoms with Gasteiger partial charge in [0.15, 0.2) is 21.4 Å². The monoisotopic (exact) mass is 493 g/mol. The number of benzene rings is 1. The zero-order valence-corrected chi connectivity index (χ0v) is 20.9. The van der Waals surface area contributed by atoms with Crippen molar-refractivity contribution < 1.29 is 27.1 Å². The molecule has 1 aromatic heterocycles. The normalized spacial score (nSPS) is 15.5. The van der Waals surface area contributed by atoms with Crippen molar-refractivity contribution in [2.24, 2.45) is 5.92 Å². The molecule has 2 heterocycles. The highest BCUT2D eigenvalue weighted by molar-refractivity contribution is 7.90. The molecule has 1 aliphatic rings. The van der Waals surface area contributed by atoms with E-state index in [1.807, 2.05) is 0 Å². The van der Waals surface area contributed by atoms with E-state index >= 15 is 0 Å². The van der Waals surface area contributed by atoms with Crippen LogP contribution in [-0.2, 0) is 14.6 Å². The topological polar surface area (TPSA) is 98.7 Å². The fraction of sp³-hybridized carbons (Fsp3) is 0.542. The summed E-state index contributed by atoms with van der Waals surface area (Å²) in [5.41, 5.74) is 0.577. The number of ketones is 1. The third-order valence-electron chi connectivity index (χ3n) is 5.65. The molecular weight excluding hydrogens is 461 g/mol. The van der Waals surface area contributed by atoms with Crippen LogP contribution < -0.4 is 9.47 Å². The van der Waals surface area contributed by atoms with Gasteiger partial charge in [0, 0.05) is 37.5 Å². The lowest BCUT2D eigenvalue weighted by atomic mass is 10.0. The number of rotatable bonds is 10. The van der Waals surface area contributed by atoms with Gasteiger partial charge in [0.05, 0.1) is 11.4 Å². The van der Waals surface area contributed by atoms with E-state index in [1.54, 1.807) is 6.92 Å². The Labute approximate surface area is 200 Å². The van der Waals surface area contributed by atoms with Gasteiger partial charge < -0.3 is 9.47 Å². The molecule has 0 aliphatic carbocycles. The van der Waals surface area contributed by atoms with Crippen molar-refractivity contribution >= 4 is 15.6 Å². The number of sulfone groups is 1. The first-order valence-electron chi connectivity index (χ1n) is 11.4. The SMILES string of the molecule is Cc1cnc(OC2CCN(CC(=O)CCC(C)C)CC2)nc1Oc1ccc(S(C)(=O)=O)cc1F. The Morgan fingerprint density at radius 1 is 1.26 bits per heavy atom. The molecule has 3 rings (SSSR count). The Balaban J connectivity index is 1.57. The third-order valence-corrected chi connectivity index (χ3v) is 6.76. The molecule has 8 nitrogen and oxygen atoms in total. The van der Waals surface area contributed by atoms with Crippen molar-refractivity contribution in [3.8, 4) is 17.6 Å². The molecule has 10 heteroatoms. The molecule has 0 bridgehead atoms. The fourth-order valence-electron chi connectivity index (χ4n) is 3.58. The van der Waals surface area contributed by atoms with E-state index < -0.39 is 15.7 Å². The van der Waals surface area contributed by atoms with Crippen LogP contribution in [0, 0.1) is 18.7 Å². The summed E-state index contributed by atoms with van der Waals surface area (Å²) in [4.78, 5) is 22.6. The number of hydrogen-bond acceptors (Lipinski definition) is 8. The van der Waals surface area contributed by atoms with Crippen LogP contribution in [0.3, 0.4) is 0 Å². The van der Waals surface area contributed by atoms with Gasteiger partial charge >= 0.3 is 6.01 Å². The second-order valence-corrected chi connectivity index (χ2v) is 11.2. The van der Waals surface area contributed by atoms with Crippen LogP contribution in [0.25, 0.3) is 0 Å². The number of nitrogens with zero attached hydrogens (tertiary/aromatic N) is 3. The molecule has 0 amide bonds. The Kier molecular flexibility index (Phi) is 8.59. The first-order valence-corrected chi connectivity index (χ1v) is 13.3. The molecular formula is C24H32FN3O5S. The van der Waals surface area contributed by atoms with Gasteiger partial charge in [-0.15, -0.1) is 0 Å². The summed E-state index contributed by atoms with van der Waals surface area (Å²) in [6.45, 7) is 7.94. The molecule has 0 N–H and O–H groups in total. The molecule has 2 aromatic rings. The zero-order chi connectivity index (χ0) is 24.9. The number of aryl methyl sites for hydroxylation is 1. The highest BCUT2D eigenvalue weighted by Gasteiger charge is 2.23. The van der Waals surface area contributed by atoms with Crippen LogP contribution in [0.15, 0.2) is 29.3 Å². The number of halogens is 1. The zero-order valence-electron chi connectivity index (χ0n) is 20.1. The molecule has 186 valence electrons. The Bertz CT molecular complexity index is 1120. The van der Waals surface area contributed by atoms with E-state index in [-0.39, 0.29) is 34.4 Å². The Hall–Kier alpha value is -2.59. The minimum Gasteiger partial charge on any atom is -0.460 e. The van der Waals surface area contributed by atoms with Crippen LogP contribution in [0.1, 0.15) is 45.1 Å². The number of carbonyl (C=O) groups excluding carboxylic acids is 1. The summed E-state index contributed by atoms with van der Waals surface area (Å²) in [6, 6.07) is 3.58. The molecule has 0 spiro atoms. The van der Waals surface area contributed by atoms with Crippen LogP contribution in [0.4, 0.5) is 4.39 Å². The largest absolute Gasteiger partial charge is 0.460 e. The Morgan fingerprint density at radius 2 is 1.97 bits per heavy atom. The number of ether oxygens (including phenoxy) is 2. The van der Waals surface area contributed by atoms with Gasteiger partial charge in [0.2, 0.25) is 5.88 Å². The second kappa shape index (κ2) is 11.2. The lowest BCUT2D eigenvalue weighted by molar-refractivity contribution is -0.121. The molecule has 34 heavy (non-hydrogen) atoms. The average molecular weight is 494 g/mol. The summed E-state index contributed by atoms with van der Waals surface area (Å²) in [5, 5.41) is 0. The second-order valence-electron chi connectivity index (χ2n) is 9.17. The molecule has 0 unspecified atom stereocenters. The third kappa shape index (κ3) is 7.46. The maximum atomic E-state index is 14.4. The first kappa shape index (κ1) is 26.0. The van der Waals surface area contributed by atoms with Crippen LogP contribution in [0.2, 0.25) is 0 Å². The van der Waals surface area contributed by atoms with Gasteiger partial charge in [-0.25, -0.2) is 17.8 Å². The smallest absolute Gasteiger partial charge is 0.319 e. The van der Waals surface area contributed by atoms with Crippen molar-refractivity contribution in [3.63, 3.8) is 0 Å². The minimum absolute atomic E-state index is 0.0941. The predicted molar refractivity (Wildman–Crippen MR) is 126 cm³/mol. The number of hydrogen-bond donors (Lipinski definition) is 0. The van der Waals surface area contributed by atoms with E-state index in [9.17, 15) is 17.6 Å². The maximum absolute atomic E-state index is 14.4. The number of piperidine rings is 1. The minimum atomic E-state index is -3.53. The van der Waals surface area contributed by atoms with Gasteiger partial charge in [-0.1, -0.05) is 13.8 Å². The van der Waals surface area contributed by atoms with Crippen molar-refractivity contribution in [3.05, 3.63) is 35.8 Å². The summed E-state index contributed by atoms with van der Waals surface area (Å²) < 4.78 is 49.1. The van der Waals surface area contributed by atoms with E-state index in [2.05, 4.69) is 28.7 Å². The van der Waals surface area contributed by atoms with E-state index in [0.29, 0.717) is 24.4 Å². The number of carbonyl (C=O) groups is 1. The standard InChI is InChI=1S/C24H32FN3O5S/c1-16(2)5-6-18(29)15-28-11-9-19(10-12-28)32-24-26-14-17(3)23(27-24)33-22-8-7-20(13-21(22)25)34(4,30)31/h7-8,13-14,16,19H,5-6,9-12,15H2,1-4H3. The summed E-state index contributed by atoms with van der Waals surface area (Å²) in [7, 11) is -3.53. The highest BCUT2D eigenvalue weighted by Crippen LogP contribution is 2.28. The quantitative estimate of drug-likeness (QED) is 0.490. The molecule has 0 radical (unpaired) electrons. The van der Waals surface area contributed by atoms with Gasteiger partial charge in [-0.05, 0) is 50.3 Å². The Morgan fingerprint density at radius 3 is 2.59 bits per heavy atom. The van der Waals surface area contributed by atoms with Crippen molar-refractivity contribution in [2.45, 2.75) is 57.5 Å². The highest BCUT2D eigenvalue weighted by atomic mass is 32.2. The van der Waals surface area contributed by atoms with Gasteiger partial charge in [-0.2, -0.15) is 4.98 Å². The molecule has 1 aromatic carbocycles. The number of likely N-dealkylation sites (tertiary alicyclic amines) is 1. The van der Waals surface area contributed by atoms with Gasteiger partial charge in [0.25, 0.3) is 0 Å². The fourth-order valence-corrected chi connectivity index (χ4v) is 4.22.